The van der Waals surface area contributed by atoms with Gasteiger partial charge < -0.3 is 19.5 Å². The van der Waals surface area contributed by atoms with Crippen molar-refractivity contribution in [2.75, 3.05) is 59.0 Å². The average Bonchev–Trinajstić information content (AvgIpc) is 3.25. The van der Waals surface area contributed by atoms with E-state index in [1.807, 2.05) is 23.6 Å². The van der Waals surface area contributed by atoms with Crippen molar-refractivity contribution in [1.82, 2.24) is 30.0 Å². The van der Waals surface area contributed by atoms with Gasteiger partial charge in [0.1, 0.15) is 0 Å². The minimum Gasteiger partial charge on any atom is -0.381 e. The van der Waals surface area contributed by atoms with Gasteiger partial charge >= 0.3 is 0 Å². The number of carbonyl (C=O) groups is 2. The molecule has 1 spiro atoms. The number of imidazole rings is 1. The summed E-state index contributed by atoms with van der Waals surface area (Å²) in [6.07, 6.45) is 4.03. The number of ether oxygens (including phenoxy) is 1. The second-order valence-electron chi connectivity index (χ2n) is 8.49. The predicted molar refractivity (Wildman–Crippen MR) is 112 cm³/mol. The van der Waals surface area contributed by atoms with Crippen LogP contribution in [0.15, 0.2) is 6.33 Å². The first-order chi connectivity index (χ1) is 14.6. The molecule has 0 radical (unpaired) electrons. The molecule has 3 aliphatic heterocycles. The van der Waals surface area contributed by atoms with Gasteiger partial charge in [-0.2, -0.15) is 0 Å². The number of H-pyrrole nitrogens is 1. The molecular formula is C21H34N6O3. The summed E-state index contributed by atoms with van der Waals surface area (Å²) < 4.78 is 5.57. The minimum atomic E-state index is -0.274. The zero-order valence-electron chi connectivity index (χ0n) is 18.2. The van der Waals surface area contributed by atoms with Crippen LogP contribution in [0, 0.1) is 0 Å². The summed E-state index contributed by atoms with van der Waals surface area (Å²) in [7, 11) is 0. The van der Waals surface area contributed by atoms with Crippen molar-refractivity contribution in [3.05, 3.63) is 17.7 Å². The minimum absolute atomic E-state index is 0.149. The molecule has 9 nitrogen and oxygen atoms in total. The van der Waals surface area contributed by atoms with Crippen LogP contribution in [0.4, 0.5) is 0 Å². The van der Waals surface area contributed by atoms with Crippen LogP contribution >= 0.6 is 0 Å². The van der Waals surface area contributed by atoms with E-state index in [2.05, 4.69) is 20.2 Å². The smallest absolute Gasteiger partial charge is 0.240 e. The molecule has 1 aromatic rings. The SMILES string of the molecule is CCN(CC)C(=O)CN1CCN(C(=O)[C@@H]2Cc3[nH]cnc3C3(CCOCC3)N2)CC1. The van der Waals surface area contributed by atoms with Gasteiger partial charge in [0.25, 0.3) is 0 Å². The highest BCUT2D eigenvalue weighted by molar-refractivity contribution is 5.83. The number of hydrogen-bond acceptors (Lipinski definition) is 6. The lowest BCUT2D eigenvalue weighted by molar-refractivity contribution is -0.137. The first-order valence-corrected chi connectivity index (χ1v) is 11.2. The van der Waals surface area contributed by atoms with E-state index in [4.69, 9.17) is 4.74 Å². The fourth-order valence-electron chi connectivity index (χ4n) is 5.01. The zero-order chi connectivity index (χ0) is 21.1. The lowest BCUT2D eigenvalue weighted by Crippen LogP contribution is -2.62. The summed E-state index contributed by atoms with van der Waals surface area (Å²) in [6.45, 7) is 10.1. The largest absolute Gasteiger partial charge is 0.381 e. The number of carbonyl (C=O) groups excluding carboxylic acids is 2. The topological polar surface area (TPSA) is 93.8 Å². The normalized spacial score (nSPS) is 23.9. The van der Waals surface area contributed by atoms with Gasteiger partial charge in [-0.05, 0) is 26.7 Å². The number of nitrogens with one attached hydrogen (secondary N) is 2. The van der Waals surface area contributed by atoms with Crippen LogP contribution in [-0.4, -0.2) is 102 Å². The molecule has 0 aromatic carbocycles. The van der Waals surface area contributed by atoms with Crippen LogP contribution in [0.5, 0.6) is 0 Å². The molecule has 4 rings (SSSR count). The lowest BCUT2D eigenvalue weighted by atomic mass is 9.80. The third kappa shape index (κ3) is 4.10. The summed E-state index contributed by atoms with van der Waals surface area (Å²) in [5, 5.41) is 3.65. The molecule has 9 heteroatoms. The first-order valence-electron chi connectivity index (χ1n) is 11.2. The van der Waals surface area contributed by atoms with E-state index < -0.39 is 0 Å². The number of nitrogens with zero attached hydrogens (tertiary/aromatic N) is 4. The van der Waals surface area contributed by atoms with Crippen molar-refractivity contribution in [2.45, 2.75) is 44.7 Å². The maximum absolute atomic E-state index is 13.3. The average molecular weight is 419 g/mol. The number of aromatic nitrogens is 2. The second kappa shape index (κ2) is 9.03. The summed E-state index contributed by atoms with van der Waals surface area (Å²) in [4.78, 5) is 39.5. The van der Waals surface area contributed by atoms with Crippen LogP contribution in [0.1, 0.15) is 38.1 Å². The molecule has 2 fully saturated rings. The molecule has 166 valence electrons. The molecule has 2 N–H and O–H groups in total. The summed E-state index contributed by atoms with van der Waals surface area (Å²) in [6, 6.07) is -0.250. The number of piperazine rings is 1. The lowest BCUT2D eigenvalue weighted by Gasteiger charge is -2.45. The maximum Gasteiger partial charge on any atom is 0.240 e. The molecule has 4 heterocycles. The summed E-state index contributed by atoms with van der Waals surface area (Å²) >= 11 is 0. The highest BCUT2D eigenvalue weighted by Gasteiger charge is 2.45. The van der Waals surface area contributed by atoms with Gasteiger partial charge in [0.15, 0.2) is 0 Å². The molecule has 1 atom stereocenters. The highest BCUT2D eigenvalue weighted by Crippen LogP contribution is 2.37. The predicted octanol–water partition coefficient (Wildman–Crippen LogP) is -0.0577. The van der Waals surface area contributed by atoms with E-state index in [1.54, 1.807) is 6.33 Å². The van der Waals surface area contributed by atoms with E-state index in [0.717, 1.165) is 50.4 Å². The van der Waals surface area contributed by atoms with Crippen molar-refractivity contribution in [3.8, 4) is 0 Å². The number of hydrogen-bond donors (Lipinski definition) is 2. The van der Waals surface area contributed by atoms with Crippen LogP contribution in [-0.2, 0) is 26.3 Å². The Morgan fingerprint density at radius 2 is 1.90 bits per heavy atom. The standard InChI is InChI=1S/C21H34N6O3/c1-3-26(4-2)18(28)14-25-7-9-27(10-8-25)20(29)17-13-16-19(23-15-22-16)21(24-17)5-11-30-12-6-21/h15,17,24H,3-14H2,1-2H3,(H,22,23)/t17-/m0/s1. The van der Waals surface area contributed by atoms with Crippen LogP contribution < -0.4 is 5.32 Å². The zero-order valence-corrected chi connectivity index (χ0v) is 18.2. The summed E-state index contributed by atoms with van der Waals surface area (Å²) in [5.74, 6) is 0.317. The first kappa shape index (κ1) is 21.3. The molecule has 0 aliphatic carbocycles. The monoisotopic (exact) mass is 418 g/mol. The van der Waals surface area contributed by atoms with E-state index in [1.165, 1.54) is 0 Å². The van der Waals surface area contributed by atoms with E-state index in [9.17, 15) is 9.59 Å². The number of fused-ring (bicyclic) bond motifs is 2. The van der Waals surface area contributed by atoms with Crippen LogP contribution in [0.25, 0.3) is 0 Å². The van der Waals surface area contributed by atoms with Gasteiger partial charge in [0.2, 0.25) is 11.8 Å². The van der Waals surface area contributed by atoms with Gasteiger partial charge in [-0.25, -0.2) is 4.98 Å². The Balaban J connectivity index is 1.36. The van der Waals surface area contributed by atoms with Crippen molar-refractivity contribution in [1.29, 1.82) is 0 Å². The molecule has 0 unspecified atom stereocenters. The maximum atomic E-state index is 13.3. The van der Waals surface area contributed by atoms with Gasteiger partial charge in [0, 0.05) is 64.6 Å². The molecular weight excluding hydrogens is 384 g/mol. The van der Waals surface area contributed by atoms with Crippen molar-refractivity contribution in [2.24, 2.45) is 0 Å². The van der Waals surface area contributed by atoms with E-state index in [-0.39, 0.29) is 23.4 Å². The quantitative estimate of drug-likeness (QED) is 0.696. The van der Waals surface area contributed by atoms with Crippen molar-refractivity contribution in [3.63, 3.8) is 0 Å². The Kier molecular flexibility index (Phi) is 6.40. The fourth-order valence-corrected chi connectivity index (χ4v) is 5.01. The second-order valence-corrected chi connectivity index (χ2v) is 8.49. The van der Waals surface area contributed by atoms with Gasteiger partial charge in [-0.15, -0.1) is 0 Å². The molecule has 0 saturated carbocycles. The number of amides is 2. The Morgan fingerprint density at radius 3 is 2.57 bits per heavy atom. The summed E-state index contributed by atoms with van der Waals surface area (Å²) in [5.41, 5.74) is 1.84. The van der Waals surface area contributed by atoms with Crippen molar-refractivity contribution >= 4 is 11.8 Å². The molecule has 2 saturated heterocycles. The van der Waals surface area contributed by atoms with Crippen LogP contribution in [0.3, 0.4) is 0 Å². The molecule has 0 bridgehead atoms. The number of rotatable bonds is 5. The Morgan fingerprint density at radius 1 is 1.20 bits per heavy atom. The Labute approximate surface area is 178 Å². The van der Waals surface area contributed by atoms with Gasteiger partial charge in [-0.3, -0.25) is 19.8 Å². The molecule has 3 aliphatic rings. The fraction of sp³-hybridized carbons (Fsp3) is 0.762. The number of aromatic amines is 1. The third-order valence-electron chi connectivity index (χ3n) is 6.83. The highest BCUT2D eigenvalue weighted by atomic mass is 16.5. The van der Waals surface area contributed by atoms with E-state index in [0.29, 0.717) is 39.3 Å². The molecule has 1 aromatic heterocycles. The van der Waals surface area contributed by atoms with Gasteiger partial charge in [-0.1, -0.05) is 0 Å². The van der Waals surface area contributed by atoms with Crippen molar-refractivity contribution < 1.29 is 14.3 Å². The Bertz CT molecular complexity index is 748. The number of likely N-dealkylation sites (N-methyl/N-ethyl adjacent to an activating group) is 1. The van der Waals surface area contributed by atoms with E-state index >= 15 is 0 Å². The molecule has 2 amide bonds. The van der Waals surface area contributed by atoms with Crippen LogP contribution in [0.2, 0.25) is 0 Å². The third-order valence-corrected chi connectivity index (χ3v) is 6.83. The Hall–Kier alpha value is -1.97. The molecule has 30 heavy (non-hydrogen) atoms. The van der Waals surface area contributed by atoms with Gasteiger partial charge in [0.05, 0.1) is 30.1 Å².